The van der Waals surface area contributed by atoms with E-state index < -0.39 is 6.10 Å². The third-order valence-corrected chi connectivity index (χ3v) is 4.14. The normalized spacial score (nSPS) is 17.6. The number of aromatic nitrogens is 2. The lowest BCUT2D eigenvalue weighted by Crippen LogP contribution is -2.06. The van der Waals surface area contributed by atoms with Gasteiger partial charge in [-0.2, -0.15) is 0 Å². The topological polar surface area (TPSA) is 38.1 Å². The van der Waals surface area contributed by atoms with E-state index in [1.165, 1.54) is 12.8 Å². The first-order valence-corrected chi connectivity index (χ1v) is 6.39. The largest absolute Gasteiger partial charge is 0.381 e. The van der Waals surface area contributed by atoms with Crippen molar-refractivity contribution in [2.24, 2.45) is 0 Å². The molecule has 0 spiro atoms. The number of imidazole rings is 1. The van der Waals surface area contributed by atoms with E-state index in [9.17, 15) is 5.11 Å². The van der Waals surface area contributed by atoms with Crippen molar-refractivity contribution < 1.29 is 5.11 Å². The molecule has 1 unspecified atom stereocenters. The van der Waals surface area contributed by atoms with Crippen molar-refractivity contribution in [2.75, 3.05) is 0 Å². The SMILES string of the molecule is Cc1ccsc1C(O)c1cncn1C1CC1. The molecule has 4 heteroatoms. The molecule has 1 saturated carbocycles. The molecule has 84 valence electrons. The Kier molecular flexibility index (Phi) is 2.33. The summed E-state index contributed by atoms with van der Waals surface area (Å²) in [7, 11) is 0. The molecule has 1 N–H and O–H groups in total. The van der Waals surface area contributed by atoms with Crippen LogP contribution in [0.3, 0.4) is 0 Å². The zero-order valence-electron chi connectivity index (χ0n) is 9.13. The van der Waals surface area contributed by atoms with E-state index in [4.69, 9.17) is 0 Å². The van der Waals surface area contributed by atoms with E-state index >= 15 is 0 Å². The van der Waals surface area contributed by atoms with Crippen molar-refractivity contribution in [1.82, 2.24) is 9.55 Å². The van der Waals surface area contributed by atoms with Gasteiger partial charge < -0.3 is 9.67 Å². The van der Waals surface area contributed by atoms with Crippen molar-refractivity contribution in [1.29, 1.82) is 0 Å². The van der Waals surface area contributed by atoms with Gasteiger partial charge in [-0.15, -0.1) is 11.3 Å². The van der Waals surface area contributed by atoms with Crippen LogP contribution in [-0.4, -0.2) is 14.7 Å². The Morgan fingerprint density at radius 2 is 2.38 bits per heavy atom. The van der Waals surface area contributed by atoms with Crippen LogP contribution in [0.2, 0.25) is 0 Å². The van der Waals surface area contributed by atoms with Crippen LogP contribution in [0, 0.1) is 6.92 Å². The van der Waals surface area contributed by atoms with Crippen LogP contribution in [0.4, 0.5) is 0 Å². The molecule has 3 nitrogen and oxygen atoms in total. The van der Waals surface area contributed by atoms with Crippen LogP contribution in [0.15, 0.2) is 24.0 Å². The van der Waals surface area contributed by atoms with Crippen LogP contribution >= 0.6 is 11.3 Å². The molecule has 2 heterocycles. The summed E-state index contributed by atoms with van der Waals surface area (Å²) in [4.78, 5) is 5.18. The van der Waals surface area contributed by atoms with Gasteiger partial charge in [-0.05, 0) is 36.8 Å². The minimum Gasteiger partial charge on any atom is -0.381 e. The Hall–Kier alpha value is -1.13. The van der Waals surface area contributed by atoms with Gasteiger partial charge in [-0.3, -0.25) is 0 Å². The van der Waals surface area contributed by atoms with Crippen molar-refractivity contribution in [3.8, 4) is 0 Å². The Labute approximate surface area is 98.4 Å². The minimum absolute atomic E-state index is 0.525. The summed E-state index contributed by atoms with van der Waals surface area (Å²) >= 11 is 1.61. The van der Waals surface area contributed by atoms with Crippen LogP contribution in [0.1, 0.15) is 41.1 Å². The maximum Gasteiger partial charge on any atom is 0.130 e. The lowest BCUT2D eigenvalue weighted by molar-refractivity contribution is 0.213. The molecule has 1 fully saturated rings. The van der Waals surface area contributed by atoms with Gasteiger partial charge >= 0.3 is 0 Å². The monoisotopic (exact) mass is 234 g/mol. The Bertz CT molecular complexity index is 499. The molecule has 2 aromatic rings. The molecule has 0 aliphatic heterocycles. The summed E-state index contributed by atoms with van der Waals surface area (Å²) in [5.74, 6) is 0. The second-order valence-corrected chi connectivity index (χ2v) is 5.28. The quantitative estimate of drug-likeness (QED) is 0.886. The second-order valence-electron chi connectivity index (χ2n) is 4.33. The molecule has 0 bridgehead atoms. The van der Waals surface area contributed by atoms with E-state index in [1.807, 2.05) is 24.7 Å². The van der Waals surface area contributed by atoms with Gasteiger partial charge in [0.2, 0.25) is 0 Å². The van der Waals surface area contributed by atoms with Crippen LogP contribution in [0.25, 0.3) is 0 Å². The second kappa shape index (κ2) is 3.71. The maximum atomic E-state index is 10.4. The predicted molar refractivity (Wildman–Crippen MR) is 63.6 cm³/mol. The predicted octanol–water partition coefficient (Wildman–Crippen LogP) is 2.67. The first-order chi connectivity index (χ1) is 7.77. The number of aryl methyl sites for hydroxylation is 1. The van der Waals surface area contributed by atoms with Gasteiger partial charge in [-0.25, -0.2) is 4.98 Å². The number of aliphatic hydroxyl groups excluding tert-OH is 1. The molecule has 1 aliphatic rings. The fraction of sp³-hybridized carbons (Fsp3) is 0.417. The van der Waals surface area contributed by atoms with Crippen molar-refractivity contribution >= 4 is 11.3 Å². The third kappa shape index (κ3) is 1.58. The highest BCUT2D eigenvalue weighted by atomic mass is 32.1. The molecule has 2 aromatic heterocycles. The first-order valence-electron chi connectivity index (χ1n) is 5.51. The summed E-state index contributed by atoms with van der Waals surface area (Å²) in [5.41, 5.74) is 2.08. The zero-order valence-corrected chi connectivity index (χ0v) is 9.94. The summed E-state index contributed by atoms with van der Waals surface area (Å²) in [6.07, 6.45) is 5.50. The van der Waals surface area contributed by atoms with Crippen molar-refractivity contribution in [2.45, 2.75) is 31.9 Å². The minimum atomic E-state index is -0.525. The fourth-order valence-corrected chi connectivity index (χ4v) is 2.91. The number of aliphatic hydroxyl groups is 1. The maximum absolute atomic E-state index is 10.4. The van der Waals surface area contributed by atoms with Crippen LogP contribution in [0.5, 0.6) is 0 Å². The first kappa shape index (κ1) is 10.1. The van der Waals surface area contributed by atoms with Gasteiger partial charge in [0.1, 0.15) is 6.10 Å². The Morgan fingerprint density at radius 1 is 1.56 bits per heavy atom. The number of rotatable bonds is 3. The van der Waals surface area contributed by atoms with Gasteiger partial charge in [0.25, 0.3) is 0 Å². The van der Waals surface area contributed by atoms with Crippen molar-refractivity contribution in [3.05, 3.63) is 40.1 Å². The summed E-state index contributed by atoms with van der Waals surface area (Å²) in [6, 6.07) is 2.61. The molecule has 3 rings (SSSR count). The molecule has 0 saturated heterocycles. The highest BCUT2D eigenvalue weighted by Crippen LogP contribution is 2.38. The highest BCUT2D eigenvalue weighted by molar-refractivity contribution is 7.10. The number of nitrogens with zero attached hydrogens (tertiary/aromatic N) is 2. The number of thiophene rings is 1. The van der Waals surface area contributed by atoms with E-state index in [2.05, 4.69) is 9.55 Å². The highest BCUT2D eigenvalue weighted by Gasteiger charge is 2.28. The van der Waals surface area contributed by atoms with Crippen LogP contribution < -0.4 is 0 Å². The molecule has 16 heavy (non-hydrogen) atoms. The summed E-state index contributed by atoms with van der Waals surface area (Å²) in [5, 5.41) is 12.4. The molecule has 0 amide bonds. The van der Waals surface area contributed by atoms with Crippen molar-refractivity contribution in [3.63, 3.8) is 0 Å². The molecule has 0 radical (unpaired) electrons. The Morgan fingerprint density at radius 3 is 3.00 bits per heavy atom. The lowest BCUT2D eigenvalue weighted by atomic mass is 10.1. The summed E-state index contributed by atoms with van der Waals surface area (Å²) in [6.45, 7) is 2.03. The Balaban J connectivity index is 1.97. The van der Waals surface area contributed by atoms with Crippen LogP contribution in [-0.2, 0) is 0 Å². The fourth-order valence-electron chi connectivity index (χ4n) is 1.98. The number of hydrogen-bond acceptors (Lipinski definition) is 3. The third-order valence-electron chi connectivity index (χ3n) is 3.07. The van der Waals surface area contributed by atoms with Gasteiger partial charge in [0, 0.05) is 10.9 Å². The molecular weight excluding hydrogens is 220 g/mol. The number of hydrogen-bond donors (Lipinski definition) is 1. The lowest BCUT2D eigenvalue weighted by Gasteiger charge is -2.12. The molecule has 0 aromatic carbocycles. The van der Waals surface area contributed by atoms with E-state index in [-0.39, 0.29) is 0 Å². The molecule has 1 atom stereocenters. The standard InChI is InChI=1S/C12H14N2OS/c1-8-4-5-16-12(8)11(15)10-6-13-7-14(10)9-2-3-9/h4-7,9,11,15H,2-3H2,1H3. The molecule has 1 aliphatic carbocycles. The van der Waals surface area contributed by atoms with Gasteiger partial charge in [0.15, 0.2) is 0 Å². The molecular formula is C12H14N2OS. The average molecular weight is 234 g/mol. The zero-order chi connectivity index (χ0) is 11.1. The smallest absolute Gasteiger partial charge is 0.130 e. The van der Waals surface area contributed by atoms with Gasteiger partial charge in [0.05, 0.1) is 18.2 Å². The van der Waals surface area contributed by atoms with E-state index in [0.29, 0.717) is 6.04 Å². The van der Waals surface area contributed by atoms with E-state index in [1.54, 1.807) is 17.5 Å². The summed E-state index contributed by atoms with van der Waals surface area (Å²) < 4.78 is 2.11. The van der Waals surface area contributed by atoms with Gasteiger partial charge in [-0.1, -0.05) is 0 Å². The van der Waals surface area contributed by atoms with E-state index in [0.717, 1.165) is 16.1 Å². The average Bonchev–Trinajstić information content (AvgIpc) is 2.85.